The van der Waals surface area contributed by atoms with E-state index in [1.807, 2.05) is 6.92 Å². The zero-order valence-corrected chi connectivity index (χ0v) is 11.0. The molecule has 0 bridgehead atoms. The molecule has 0 aromatic heterocycles. The first-order valence-corrected chi connectivity index (χ1v) is 6.14. The molecule has 2 aromatic carbocycles. The van der Waals surface area contributed by atoms with E-state index in [-0.39, 0.29) is 11.4 Å². The van der Waals surface area contributed by atoms with Gasteiger partial charge in [0, 0.05) is 6.21 Å². The lowest BCUT2D eigenvalue weighted by molar-refractivity contribution is 0.0697. The number of halogens is 1. The fraction of sp³-hybridized carbons (Fsp3) is 0.125. The normalized spacial score (nSPS) is 10.9. The Balaban J connectivity index is 2.06. The van der Waals surface area contributed by atoms with Crippen molar-refractivity contribution in [3.8, 4) is 0 Å². The molecule has 0 saturated carbocycles. The third kappa shape index (κ3) is 3.51. The maximum atomic E-state index is 13.1. The van der Waals surface area contributed by atoms with Crippen molar-refractivity contribution >= 4 is 12.2 Å². The molecule has 0 aliphatic heterocycles. The van der Waals surface area contributed by atoms with Gasteiger partial charge in [-0.1, -0.05) is 18.2 Å². The van der Waals surface area contributed by atoms with Gasteiger partial charge in [-0.15, -0.1) is 0 Å². The SMILES string of the molecule is Cc1ccc(F)cc1C=NCc1ccc(C(=O)O)cc1. The maximum Gasteiger partial charge on any atom is 0.335 e. The second kappa shape index (κ2) is 6.10. The van der Waals surface area contributed by atoms with Crippen molar-refractivity contribution in [3.63, 3.8) is 0 Å². The average molecular weight is 271 g/mol. The van der Waals surface area contributed by atoms with Gasteiger partial charge in [-0.05, 0) is 47.9 Å². The number of benzene rings is 2. The van der Waals surface area contributed by atoms with Crippen molar-refractivity contribution < 1.29 is 14.3 Å². The number of aromatic carboxylic acids is 1. The van der Waals surface area contributed by atoms with E-state index in [0.29, 0.717) is 6.54 Å². The summed E-state index contributed by atoms with van der Waals surface area (Å²) in [4.78, 5) is 15.0. The van der Waals surface area contributed by atoms with E-state index in [4.69, 9.17) is 5.11 Å². The zero-order valence-electron chi connectivity index (χ0n) is 11.0. The van der Waals surface area contributed by atoms with Crippen LogP contribution in [0.1, 0.15) is 27.0 Å². The van der Waals surface area contributed by atoms with Crippen LogP contribution in [0.2, 0.25) is 0 Å². The van der Waals surface area contributed by atoms with Crippen molar-refractivity contribution in [2.45, 2.75) is 13.5 Å². The van der Waals surface area contributed by atoms with E-state index >= 15 is 0 Å². The van der Waals surface area contributed by atoms with E-state index in [2.05, 4.69) is 4.99 Å². The van der Waals surface area contributed by atoms with Crippen LogP contribution in [0.25, 0.3) is 0 Å². The Bertz CT molecular complexity index is 648. The largest absolute Gasteiger partial charge is 0.478 e. The molecule has 1 N–H and O–H groups in total. The highest BCUT2D eigenvalue weighted by Crippen LogP contribution is 2.09. The van der Waals surface area contributed by atoms with Crippen LogP contribution in [0, 0.1) is 12.7 Å². The molecule has 0 unspecified atom stereocenters. The van der Waals surface area contributed by atoms with E-state index in [0.717, 1.165) is 16.7 Å². The Morgan fingerprint density at radius 2 is 1.95 bits per heavy atom. The molecule has 0 saturated heterocycles. The summed E-state index contributed by atoms with van der Waals surface area (Å²) in [6, 6.07) is 11.1. The lowest BCUT2D eigenvalue weighted by Crippen LogP contribution is -1.96. The Kier molecular flexibility index (Phi) is 4.25. The summed E-state index contributed by atoms with van der Waals surface area (Å²) in [5.74, 6) is -1.24. The molecule has 3 nitrogen and oxygen atoms in total. The van der Waals surface area contributed by atoms with Crippen molar-refractivity contribution in [3.05, 3.63) is 70.5 Å². The number of carboxylic acid groups (broad SMARTS) is 1. The lowest BCUT2D eigenvalue weighted by atomic mass is 10.1. The summed E-state index contributed by atoms with van der Waals surface area (Å²) in [7, 11) is 0. The van der Waals surface area contributed by atoms with Crippen LogP contribution in [0.3, 0.4) is 0 Å². The van der Waals surface area contributed by atoms with Gasteiger partial charge in [0.1, 0.15) is 5.82 Å². The number of carbonyl (C=O) groups is 1. The second-order valence-electron chi connectivity index (χ2n) is 4.47. The van der Waals surface area contributed by atoms with Gasteiger partial charge in [0.2, 0.25) is 0 Å². The summed E-state index contributed by atoms with van der Waals surface area (Å²) in [6.07, 6.45) is 1.63. The number of hydrogen-bond donors (Lipinski definition) is 1. The number of carboxylic acids is 1. The van der Waals surface area contributed by atoms with Gasteiger partial charge in [-0.25, -0.2) is 9.18 Å². The first-order valence-electron chi connectivity index (χ1n) is 6.14. The van der Waals surface area contributed by atoms with Crippen LogP contribution in [-0.4, -0.2) is 17.3 Å². The number of nitrogens with zero attached hydrogens (tertiary/aromatic N) is 1. The minimum atomic E-state index is -0.949. The molecule has 0 fully saturated rings. The fourth-order valence-electron chi connectivity index (χ4n) is 1.75. The van der Waals surface area contributed by atoms with Crippen molar-refractivity contribution in [1.82, 2.24) is 0 Å². The Morgan fingerprint density at radius 1 is 1.25 bits per heavy atom. The van der Waals surface area contributed by atoms with E-state index in [1.54, 1.807) is 36.5 Å². The molecule has 0 aliphatic rings. The van der Waals surface area contributed by atoms with Gasteiger partial charge >= 0.3 is 5.97 Å². The predicted octanol–water partition coefficient (Wildman–Crippen LogP) is 3.45. The molecule has 0 aliphatic carbocycles. The molecule has 20 heavy (non-hydrogen) atoms. The average Bonchev–Trinajstić information content (AvgIpc) is 2.43. The Hall–Kier alpha value is -2.49. The number of aliphatic imine (C=N–C) groups is 1. The fourth-order valence-corrected chi connectivity index (χ4v) is 1.75. The minimum Gasteiger partial charge on any atom is -0.478 e. The number of aryl methyl sites for hydroxylation is 1. The van der Waals surface area contributed by atoms with Gasteiger partial charge < -0.3 is 5.11 Å². The molecule has 2 aromatic rings. The van der Waals surface area contributed by atoms with E-state index in [1.165, 1.54) is 12.1 Å². The summed E-state index contributed by atoms with van der Waals surface area (Å²) >= 11 is 0. The van der Waals surface area contributed by atoms with E-state index < -0.39 is 5.97 Å². The number of rotatable bonds is 4. The van der Waals surface area contributed by atoms with Gasteiger partial charge in [-0.2, -0.15) is 0 Å². The van der Waals surface area contributed by atoms with Crippen molar-refractivity contribution in [1.29, 1.82) is 0 Å². The quantitative estimate of drug-likeness (QED) is 0.866. The third-order valence-corrected chi connectivity index (χ3v) is 2.95. The van der Waals surface area contributed by atoms with E-state index in [9.17, 15) is 9.18 Å². The van der Waals surface area contributed by atoms with Gasteiger partial charge in [0.15, 0.2) is 0 Å². The smallest absolute Gasteiger partial charge is 0.335 e. The van der Waals surface area contributed by atoms with Gasteiger partial charge in [0.05, 0.1) is 12.1 Å². The minimum absolute atomic E-state index is 0.249. The van der Waals surface area contributed by atoms with Crippen LogP contribution in [0.5, 0.6) is 0 Å². The van der Waals surface area contributed by atoms with Crippen LogP contribution < -0.4 is 0 Å². The van der Waals surface area contributed by atoms with Crippen LogP contribution >= 0.6 is 0 Å². The van der Waals surface area contributed by atoms with Gasteiger partial charge in [0.25, 0.3) is 0 Å². The standard InChI is InChI=1S/C16H14FNO2/c1-11-2-7-15(17)8-14(11)10-18-9-12-3-5-13(6-4-12)16(19)20/h2-8,10H,9H2,1H3,(H,19,20). The first kappa shape index (κ1) is 13.9. The molecule has 0 radical (unpaired) electrons. The molecule has 102 valence electrons. The maximum absolute atomic E-state index is 13.1. The van der Waals surface area contributed by atoms with Gasteiger partial charge in [-0.3, -0.25) is 4.99 Å². The monoisotopic (exact) mass is 271 g/mol. The summed E-state index contributed by atoms with van der Waals surface area (Å²) in [6.45, 7) is 2.32. The van der Waals surface area contributed by atoms with Crippen LogP contribution in [0.15, 0.2) is 47.5 Å². The van der Waals surface area contributed by atoms with Crippen molar-refractivity contribution in [2.24, 2.45) is 4.99 Å². The highest BCUT2D eigenvalue weighted by atomic mass is 19.1. The Morgan fingerprint density at radius 3 is 2.60 bits per heavy atom. The first-order chi connectivity index (χ1) is 9.56. The molecular weight excluding hydrogens is 257 g/mol. The molecule has 0 spiro atoms. The zero-order chi connectivity index (χ0) is 14.5. The van der Waals surface area contributed by atoms with Crippen molar-refractivity contribution in [2.75, 3.05) is 0 Å². The second-order valence-corrected chi connectivity index (χ2v) is 4.47. The topological polar surface area (TPSA) is 49.7 Å². The lowest BCUT2D eigenvalue weighted by Gasteiger charge is -2.00. The highest BCUT2D eigenvalue weighted by Gasteiger charge is 2.01. The summed E-state index contributed by atoms with van der Waals surface area (Å²) < 4.78 is 13.1. The predicted molar refractivity (Wildman–Crippen MR) is 75.8 cm³/mol. The molecule has 0 amide bonds. The summed E-state index contributed by atoms with van der Waals surface area (Å²) in [5.41, 5.74) is 2.85. The molecule has 0 heterocycles. The molecule has 4 heteroatoms. The molecular formula is C16H14FNO2. The third-order valence-electron chi connectivity index (χ3n) is 2.95. The number of hydrogen-bond acceptors (Lipinski definition) is 2. The van der Waals surface area contributed by atoms with Crippen LogP contribution in [-0.2, 0) is 6.54 Å². The highest BCUT2D eigenvalue weighted by molar-refractivity contribution is 5.87. The molecule has 2 rings (SSSR count). The summed E-state index contributed by atoms with van der Waals surface area (Å²) in [5, 5.41) is 8.79. The molecule has 0 atom stereocenters. The Labute approximate surface area is 116 Å². The van der Waals surface area contributed by atoms with Crippen LogP contribution in [0.4, 0.5) is 4.39 Å².